The van der Waals surface area contributed by atoms with Crippen LogP contribution in [-0.4, -0.2) is 40.5 Å². The molecule has 2 heterocycles. The lowest BCUT2D eigenvalue weighted by molar-refractivity contribution is -0.0499. The third-order valence-corrected chi connectivity index (χ3v) is 4.04. The lowest BCUT2D eigenvalue weighted by Gasteiger charge is -2.32. The summed E-state index contributed by atoms with van der Waals surface area (Å²) in [5, 5.41) is 0. The summed E-state index contributed by atoms with van der Waals surface area (Å²) < 4.78 is 29.0. The van der Waals surface area contributed by atoms with E-state index in [0.29, 0.717) is 18.7 Å². The summed E-state index contributed by atoms with van der Waals surface area (Å²) in [5.41, 5.74) is 1.26. The van der Waals surface area contributed by atoms with E-state index < -0.39 is 6.61 Å². The Labute approximate surface area is 138 Å². The highest BCUT2D eigenvalue weighted by Crippen LogP contribution is 2.26. The minimum absolute atomic E-state index is 0.0137. The van der Waals surface area contributed by atoms with E-state index in [0.717, 1.165) is 18.5 Å². The van der Waals surface area contributed by atoms with E-state index in [1.807, 2.05) is 6.07 Å². The van der Waals surface area contributed by atoms with E-state index in [9.17, 15) is 13.6 Å². The number of alkyl halides is 2. The lowest BCUT2D eigenvalue weighted by Crippen LogP contribution is -2.39. The van der Waals surface area contributed by atoms with Crippen molar-refractivity contribution in [2.24, 2.45) is 0 Å². The molecule has 7 heteroatoms. The minimum atomic E-state index is -2.91. The number of ether oxygens (including phenoxy) is 1. The van der Waals surface area contributed by atoms with E-state index in [1.54, 1.807) is 17.2 Å². The van der Waals surface area contributed by atoms with Crippen LogP contribution in [-0.2, 0) is 0 Å². The monoisotopic (exact) mass is 333 g/mol. The van der Waals surface area contributed by atoms with Gasteiger partial charge in [0.2, 0.25) is 0 Å². The maximum atomic E-state index is 12.7. The van der Waals surface area contributed by atoms with Crippen LogP contribution in [0.3, 0.4) is 0 Å². The van der Waals surface area contributed by atoms with Crippen molar-refractivity contribution in [3.63, 3.8) is 0 Å². The van der Waals surface area contributed by atoms with Crippen LogP contribution in [0, 0.1) is 0 Å². The van der Waals surface area contributed by atoms with Gasteiger partial charge in [0.15, 0.2) is 0 Å². The molecule has 2 aromatic rings. The molecule has 126 valence electrons. The van der Waals surface area contributed by atoms with Gasteiger partial charge in [0.1, 0.15) is 12.1 Å². The number of hydrogen-bond donors (Lipinski definition) is 0. The largest absolute Gasteiger partial charge is 0.435 e. The van der Waals surface area contributed by atoms with E-state index in [1.165, 1.54) is 24.5 Å². The van der Waals surface area contributed by atoms with Gasteiger partial charge in [-0.05, 0) is 37.1 Å². The van der Waals surface area contributed by atoms with Crippen molar-refractivity contribution >= 4 is 5.91 Å². The normalized spacial score (nSPS) is 17.8. The molecule has 0 N–H and O–H groups in total. The quantitative estimate of drug-likeness (QED) is 0.863. The van der Waals surface area contributed by atoms with Crippen LogP contribution in [0.15, 0.2) is 42.9 Å². The predicted molar refractivity (Wildman–Crippen MR) is 83.0 cm³/mol. The van der Waals surface area contributed by atoms with Gasteiger partial charge in [-0.1, -0.05) is 6.07 Å². The highest BCUT2D eigenvalue weighted by atomic mass is 19.3. The Kier molecular flexibility index (Phi) is 4.98. The number of likely N-dealkylation sites (tertiary alicyclic amines) is 1. The summed E-state index contributed by atoms with van der Waals surface area (Å²) in [7, 11) is 0. The molecule has 1 aromatic heterocycles. The van der Waals surface area contributed by atoms with Crippen LogP contribution >= 0.6 is 0 Å². The molecule has 1 amide bonds. The number of amides is 1. The molecule has 0 bridgehead atoms. The minimum Gasteiger partial charge on any atom is -0.435 e. The zero-order valence-electron chi connectivity index (χ0n) is 12.9. The first-order chi connectivity index (χ1) is 11.6. The van der Waals surface area contributed by atoms with Crippen molar-refractivity contribution in [2.75, 3.05) is 13.1 Å². The van der Waals surface area contributed by atoms with Crippen molar-refractivity contribution in [3.05, 3.63) is 54.1 Å². The number of carbonyl (C=O) groups excluding carboxylic acids is 1. The summed E-state index contributed by atoms with van der Waals surface area (Å²) in [4.78, 5) is 22.6. The fourth-order valence-electron chi connectivity index (χ4n) is 2.93. The van der Waals surface area contributed by atoms with Gasteiger partial charge in [-0.15, -0.1) is 0 Å². The standard InChI is InChI=1S/C17H17F2N3O2/c18-17(19)24-14-5-1-3-12(9-14)16(23)22-8-2-4-13(10-22)15-6-7-20-11-21-15/h1,3,5-7,9,11,13,17H,2,4,8,10H2. The molecule has 1 fully saturated rings. The average molecular weight is 333 g/mol. The molecule has 1 unspecified atom stereocenters. The van der Waals surface area contributed by atoms with Crippen LogP contribution in [0.25, 0.3) is 0 Å². The molecule has 5 nitrogen and oxygen atoms in total. The second kappa shape index (κ2) is 7.33. The second-order valence-corrected chi connectivity index (χ2v) is 5.63. The summed E-state index contributed by atoms with van der Waals surface area (Å²) >= 11 is 0. The molecule has 1 atom stereocenters. The van der Waals surface area contributed by atoms with E-state index >= 15 is 0 Å². The molecule has 0 aliphatic carbocycles. The molecule has 1 aromatic carbocycles. The van der Waals surface area contributed by atoms with Gasteiger partial charge in [-0.2, -0.15) is 8.78 Å². The van der Waals surface area contributed by atoms with Gasteiger partial charge >= 0.3 is 6.61 Å². The Morgan fingerprint density at radius 1 is 1.33 bits per heavy atom. The van der Waals surface area contributed by atoms with Crippen molar-refractivity contribution in [1.82, 2.24) is 14.9 Å². The Bertz CT molecular complexity index is 697. The van der Waals surface area contributed by atoms with Crippen LogP contribution in [0.5, 0.6) is 5.75 Å². The zero-order chi connectivity index (χ0) is 16.9. The second-order valence-electron chi connectivity index (χ2n) is 5.63. The maximum Gasteiger partial charge on any atom is 0.387 e. The number of nitrogens with zero attached hydrogens (tertiary/aromatic N) is 3. The van der Waals surface area contributed by atoms with Gasteiger partial charge in [0.25, 0.3) is 5.91 Å². The van der Waals surface area contributed by atoms with Crippen LogP contribution in [0.1, 0.15) is 34.8 Å². The molecule has 0 radical (unpaired) electrons. The smallest absolute Gasteiger partial charge is 0.387 e. The van der Waals surface area contributed by atoms with Gasteiger partial charge in [-0.25, -0.2) is 9.97 Å². The van der Waals surface area contributed by atoms with Crippen LogP contribution < -0.4 is 4.74 Å². The maximum absolute atomic E-state index is 12.7. The molecule has 0 spiro atoms. The Morgan fingerprint density at radius 2 is 2.21 bits per heavy atom. The molecule has 1 aliphatic heterocycles. The Morgan fingerprint density at radius 3 is 2.96 bits per heavy atom. The third kappa shape index (κ3) is 3.84. The number of aromatic nitrogens is 2. The van der Waals surface area contributed by atoms with Gasteiger partial charge in [0.05, 0.1) is 0 Å². The van der Waals surface area contributed by atoms with E-state index in [2.05, 4.69) is 14.7 Å². The molecule has 1 saturated heterocycles. The van der Waals surface area contributed by atoms with Crippen molar-refractivity contribution in [3.8, 4) is 5.75 Å². The topological polar surface area (TPSA) is 55.3 Å². The first-order valence-electron chi connectivity index (χ1n) is 7.73. The Hall–Kier alpha value is -2.57. The van der Waals surface area contributed by atoms with Crippen molar-refractivity contribution < 1.29 is 18.3 Å². The predicted octanol–water partition coefficient (Wildman–Crippen LogP) is 3.10. The summed E-state index contributed by atoms with van der Waals surface area (Å²) in [6.45, 7) is -1.72. The number of carbonyl (C=O) groups is 1. The zero-order valence-corrected chi connectivity index (χ0v) is 12.9. The fraction of sp³-hybridized carbons (Fsp3) is 0.353. The molecule has 1 aliphatic rings. The molecule has 3 rings (SSSR count). The summed E-state index contributed by atoms with van der Waals surface area (Å²) in [6.07, 6.45) is 5.01. The van der Waals surface area contributed by atoms with E-state index in [4.69, 9.17) is 0 Å². The average Bonchev–Trinajstić information content (AvgIpc) is 2.62. The number of piperidine rings is 1. The molecular formula is C17H17F2N3O2. The third-order valence-electron chi connectivity index (χ3n) is 4.04. The summed E-state index contributed by atoms with van der Waals surface area (Å²) in [6, 6.07) is 7.76. The van der Waals surface area contributed by atoms with E-state index in [-0.39, 0.29) is 17.6 Å². The number of benzene rings is 1. The highest BCUT2D eigenvalue weighted by molar-refractivity contribution is 5.94. The Balaban J connectivity index is 1.72. The summed E-state index contributed by atoms with van der Waals surface area (Å²) in [5.74, 6) is -0.0418. The molecule has 0 saturated carbocycles. The van der Waals surface area contributed by atoms with Crippen LogP contribution in [0.2, 0.25) is 0 Å². The highest BCUT2D eigenvalue weighted by Gasteiger charge is 2.26. The van der Waals surface area contributed by atoms with Crippen molar-refractivity contribution in [2.45, 2.75) is 25.4 Å². The SMILES string of the molecule is O=C(c1cccc(OC(F)F)c1)N1CCCC(c2ccncn2)C1. The van der Waals surface area contributed by atoms with Gasteiger partial charge < -0.3 is 9.64 Å². The first-order valence-corrected chi connectivity index (χ1v) is 7.73. The number of rotatable bonds is 4. The first kappa shape index (κ1) is 16.3. The van der Waals surface area contributed by atoms with Crippen molar-refractivity contribution in [1.29, 1.82) is 0 Å². The fourth-order valence-corrected chi connectivity index (χ4v) is 2.93. The molecular weight excluding hydrogens is 316 g/mol. The van der Waals surface area contributed by atoms with Gasteiger partial charge in [0, 0.05) is 36.5 Å². The van der Waals surface area contributed by atoms with Gasteiger partial charge in [-0.3, -0.25) is 4.79 Å². The lowest BCUT2D eigenvalue weighted by atomic mass is 9.94. The van der Waals surface area contributed by atoms with Crippen LogP contribution in [0.4, 0.5) is 8.78 Å². The number of hydrogen-bond acceptors (Lipinski definition) is 4. The number of halogens is 2. The molecule has 24 heavy (non-hydrogen) atoms.